The van der Waals surface area contributed by atoms with Crippen molar-refractivity contribution in [1.82, 2.24) is 10.6 Å². The molecule has 1 heterocycles. The van der Waals surface area contributed by atoms with Crippen LogP contribution < -0.4 is 10.6 Å². The molecule has 0 amide bonds. The van der Waals surface area contributed by atoms with Crippen LogP contribution >= 0.6 is 35.7 Å². The zero-order valence-electron chi connectivity index (χ0n) is 13.8. The van der Waals surface area contributed by atoms with E-state index in [1.165, 1.54) is 25.0 Å². The fraction of sp³-hybridized carbons (Fsp3) is 0.688. The van der Waals surface area contributed by atoms with E-state index in [0.717, 1.165) is 17.8 Å². The molecule has 0 bridgehead atoms. The minimum Gasteiger partial charge on any atom is -0.467 e. The SMILES string of the molecule is CCNC(=NCC(O)c1ccco1)NC1CCC(SCC)C1.I. The minimum absolute atomic E-state index is 0. The molecule has 132 valence electrons. The lowest BCUT2D eigenvalue weighted by atomic mass is 10.2. The molecule has 5 nitrogen and oxygen atoms in total. The Bertz CT molecular complexity index is 456. The number of aliphatic hydroxyl groups is 1. The van der Waals surface area contributed by atoms with E-state index >= 15 is 0 Å². The van der Waals surface area contributed by atoms with Gasteiger partial charge in [0.1, 0.15) is 11.9 Å². The number of halogens is 1. The van der Waals surface area contributed by atoms with Crippen molar-refractivity contribution in [3.63, 3.8) is 0 Å². The van der Waals surface area contributed by atoms with Crippen molar-refractivity contribution < 1.29 is 9.52 Å². The van der Waals surface area contributed by atoms with Gasteiger partial charge in [-0.2, -0.15) is 11.8 Å². The molecule has 1 aliphatic carbocycles. The first-order valence-corrected chi connectivity index (χ1v) is 9.15. The number of hydrogen-bond acceptors (Lipinski definition) is 4. The van der Waals surface area contributed by atoms with Crippen LogP contribution in [0, 0.1) is 0 Å². The Hall–Kier alpha value is -0.410. The second-order valence-electron chi connectivity index (χ2n) is 5.48. The predicted molar refractivity (Wildman–Crippen MR) is 108 cm³/mol. The summed E-state index contributed by atoms with van der Waals surface area (Å²) in [5.74, 6) is 2.51. The summed E-state index contributed by atoms with van der Waals surface area (Å²) in [4.78, 5) is 4.48. The zero-order valence-corrected chi connectivity index (χ0v) is 17.0. The Morgan fingerprint density at radius 2 is 2.30 bits per heavy atom. The molecule has 3 unspecified atom stereocenters. The maximum absolute atomic E-state index is 10.0. The van der Waals surface area contributed by atoms with Gasteiger partial charge in [0.15, 0.2) is 5.96 Å². The molecule has 1 aromatic heterocycles. The summed E-state index contributed by atoms with van der Waals surface area (Å²) in [7, 11) is 0. The molecule has 3 atom stereocenters. The van der Waals surface area contributed by atoms with Crippen LogP contribution in [0.5, 0.6) is 0 Å². The van der Waals surface area contributed by atoms with Gasteiger partial charge < -0.3 is 20.2 Å². The molecule has 0 aromatic carbocycles. The van der Waals surface area contributed by atoms with E-state index in [0.29, 0.717) is 18.3 Å². The number of aliphatic hydroxyl groups excluding tert-OH is 1. The summed E-state index contributed by atoms with van der Waals surface area (Å²) in [6.07, 6.45) is 4.50. The van der Waals surface area contributed by atoms with Crippen LogP contribution in [0.1, 0.15) is 45.0 Å². The third-order valence-corrected chi connectivity index (χ3v) is 5.00. The van der Waals surface area contributed by atoms with Crippen molar-refractivity contribution in [3.05, 3.63) is 24.2 Å². The van der Waals surface area contributed by atoms with E-state index in [2.05, 4.69) is 22.5 Å². The molecule has 0 spiro atoms. The molecular weight excluding hydrogens is 425 g/mol. The van der Waals surface area contributed by atoms with Crippen molar-refractivity contribution in [2.75, 3.05) is 18.8 Å². The molecule has 1 aromatic rings. The molecule has 23 heavy (non-hydrogen) atoms. The second-order valence-corrected chi connectivity index (χ2v) is 7.06. The van der Waals surface area contributed by atoms with Crippen LogP contribution in [0.15, 0.2) is 27.8 Å². The molecule has 0 saturated heterocycles. The van der Waals surface area contributed by atoms with E-state index in [1.807, 2.05) is 18.7 Å². The number of guanidine groups is 1. The summed E-state index contributed by atoms with van der Waals surface area (Å²) in [5.41, 5.74) is 0. The highest BCUT2D eigenvalue weighted by Gasteiger charge is 2.25. The monoisotopic (exact) mass is 453 g/mol. The quantitative estimate of drug-likeness (QED) is 0.336. The smallest absolute Gasteiger partial charge is 0.191 e. The molecule has 2 rings (SSSR count). The summed E-state index contributed by atoms with van der Waals surface area (Å²) in [5, 5.41) is 17.5. The van der Waals surface area contributed by atoms with E-state index in [9.17, 15) is 5.11 Å². The highest BCUT2D eigenvalue weighted by molar-refractivity contribution is 14.0. The Labute approximate surface area is 160 Å². The minimum atomic E-state index is -0.697. The van der Waals surface area contributed by atoms with Crippen molar-refractivity contribution >= 4 is 41.7 Å². The Morgan fingerprint density at radius 3 is 2.96 bits per heavy atom. The highest BCUT2D eigenvalue weighted by atomic mass is 127. The molecule has 7 heteroatoms. The number of nitrogens with zero attached hydrogens (tertiary/aromatic N) is 1. The van der Waals surface area contributed by atoms with Crippen LogP contribution in [-0.4, -0.2) is 41.2 Å². The lowest BCUT2D eigenvalue weighted by molar-refractivity contribution is 0.158. The van der Waals surface area contributed by atoms with Crippen LogP contribution in [0.25, 0.3) is 0 Å². The fourth-order valence-corrected chi connectivity index (χ4v) is 3.86. The van der Waals surface area contributed by atoms with Crippen LogP contribution in [0.3, 0.4) is 0 Å². The number of furan rings is 1. The van der Waals surface area contributed by atoms with Crippen LogP contribution in [0.2, 0.25) is 0 Å². The first kappa shape index (κ1) is 20.6. The van der Waals surface area contributed by atoms with Gasteiger partial charge in [-0.1, -0.05) is 6.92 Å². The van der Waals surface area contributed by atoms with Crippen molar-refractivity contribution in [1.29, 1.82) is 0 Å². The van der Waals surface area contributed by atoms with Gasteiger partial charge in [0.2, 0.25) is 0 Å². The van der Waals surface area contributed by atoms with Gasteiger partial charge in [0.05, 0.1) is 12.8 Å². The van der Waals surface area contributed by atoms with Gasteiger partial charge in [-0.15, -0.1) is 24.0 Å². The molecular formula is C16H28IN3O2S. The number of hydrogen-bond donors (Lipinski definition) is 3. The van der Waals surface area contributed by atoms with Gasteiger partial charge in [-0.05, 0) is 44.1 Å². The summed E-state index contributed by atoms with van der Waals surface area (Å²) < 4.78 is 5.20. The van der Waals surface area contributed by atoms with Gasteiger partial charge >= 0.3 is 0 Å². The molecule has 1 fully saturated rings. The molecule has 0 aliphatic heterocycles. The third-order valence-electron chi connectivity index (χ3n) is 3.77. The maximum Gasteiger partial charge on any atom is 0.191 e. The predicted octanol–water partition coefficient (Wildman–Crippen LogP) is 3.16. The molecule has 1 aliphatic rings. The van der Waals surface area contributed by atoms with Crippen molar-refractivity contribution in [3.8, 4) is 0 Å². The van der Waals surface area contributed by atoms with Crippen LogP contribution in [0.4, 0.5) is 0 Å². The average molecular weight is 453 g/mol. The third kappa shape index (κ3) is 6.93. The summed E-state index contributed by atoms with van der Waals surface area (Å²) >= 11 is 2.05. The number of thioether (sulfide) groups is 1. The van der Waals surface area contributed by atoms with E-state index in [-0.39, 0.29) is 24.0 Å². The fourth-order valence-electron chi connectivity index (χ4n) is 2.72. The molecule has 0 radical (unpaired) electrons. The number of nitrogens with one attached hydrogen (secondary N) is 2. The first-order chi connectivity index (χ1) is 10.7. The van der Waals surface area contributed by atoms with Gasteiger partial charge in [-0.25, -0.2) is 0 Å². The molecule has 3 N–H and O–H groups in total. The Kier molecular flexibility index (Phi) is 10.0. The van der Waals surface area contributed by atoms with Gasteiger partial charge in [-0.3, -0.25) is 4.99 Å². The van der Waals surface area contributed by atoms with Crippen molar-refractivity contribution in [2.45, 2.75) is 50.5 Å². The summed E-state index contributed by atoms with van der Waals surface area (Å²) in [6.45, 7) is 5.36. The Morgan fingerprint density at radius 1 is 1.48 bits per heavy atom. The van der Waals surface area contributed by atoms with E-state index in [1.54, 1.807) is 18.4 Å². The first-order valence-electron chi connectivity index (χ1n) is 8.10. The maximum atomic E-state index is 10.0. The normalized spacial score (nSPS) is 22.5. The second kappa shape index (κ2) is 11.2. The van der Waals surface area contributed by atoms with Crippen molar-refractivity contribution in [2.24, 2.45) is 4.99 Å². The lowest BCUT2D eigenvalue weighted by Gasteiger charge is -2.17. The highest BCUT2D eigenvalue weighted by Crippen LogP contribution is 2.29. The lowest BCUT2D eigenvalue weighted by Crippen LogP contribution is -2.42. The molecule has 1 saturated carbocycles. The van der Waals surface area contributed by atoms with E-state index < -0.39 is 6.10 Å². The number of rotatable bonds is 7. The zero-order chi connectivity index (χ0) is 15.8. The Balaban J connectivity index is 0.00000264. The van der Waals surface area contributed by atoms with Gasteiger partial charge in [0.25, 0.3) is 0 Å². The standard InChI is InChI=1S/C16H27N3O2S.HI/c1-3-17-16(18-11-14(20)15-6-5-9-21-15)19-12-7-8-13(10-12)22-4-2;/h5-6,9,12-14,20H,3-4,7-8,10-11H2,1-2H3,(H2,17,18,19);1H. The largest absolute Gasteiger partial charge is 0.467 e. The van der Waals surface area contributed by atoms with E-state index in [4.69, 9.17) is 4.42 Å². The van der Waals surface area contributed by atoms with Gasteiger partial charge in [0, 0.05) is 17.8 Å². The van der Waals surface area contributed by atoms with Crippen LogP contribution in [-0.2, 0) is 0 Å². The number of aliphatic imine (C=N–C) groups is 1. The average Bonchev–Trinajstić information content (AvgIpc) is 3.17. The summed E-state index contributed by atoms with van der Waals surface area (Å²) in [6, 6.07) is 4.02. The topological polar surface area (TPSA) is 69.8 Å².